The van der Waals surface area contributed by atoms with Crippen molar-refractivity contribution in [3.05, 3.63) is 0 Å². The monoisotopic (exact) mass is 145 g/mol. The van der Waals surface area contributed by atoms with E-state index >= 15 is 0 Å². The third-order valence-corrected chi connectivity index (χ3v) is 1.39. The van der Waals surface area contributed by atoms with Crippen LogP contribution in [0.25, 0.3) is 0 Å². The molecule has 0 spiro atoms. The van der Waals surface area contributed by atoms with E-state index in [-0.39, 0.29) is 5.97 Å². The van der Waals surface area contributed by atoms with Gasteiger partial charge in [-0.25, -0.2) is 4.79 Å². The summed E-state index contributed by atoms with van der Waals surface area (Å²) in [5, 5.41) is 3.02. The lowest BCUT2D eigenvalue weighted by Crippen LogP contribution is -2.43. The van der Waals surface area contributed by atoms with Gasteiger partial charge in [0.25, 0.3) is 0 Å². The van der Waals surface area contributed by atoms with Crippen LogP contribution in [0.5, 0.6) is 0 Å². The molecule has 0 saturated carbocycles. The Morgan fingerprint density at radius 3 is 3.10 bits per heavy atom. The van der Waals surface area contributed by atoms with Crippen molar-refractivity contribution in [3.63, 3.8) is 0 Å². The van der Waals surface area contributed by atoms with Crippen LogP contribution < -0.4 is 5.32 Å². The smallest absolute Gasteiger partial charge is 0.336 e. The summed E-state index contributed by atoms with van der Waals surface area (Å²) in [7, 11) is 1.36. The van der Waals surface area contributed by atoms with Gasteiger partial charge >= 0.3 is 5.97 Å². The Balaban J connectivity index is 2.31. The lowest BCUT2D eigenvalue weighted by molar-refractivity contribution is -0.155. The normalized spacial score (nSPS) is 25.9. The molecule has 1 N–H and O–H groups in total. The molecule has 1 aliphatic heterocycles. The van der Waals surface area contributed by atoms with Crippen LogP contribution >= 0.6 is 0 Å². The van der Waals surface area contributed by atoms with Crippen molar-refractivity contribution < 1.29 is 14.3 Å². The highest BCUT2D eigenvalue weighted by Crippen LogP contribution is 1.96. The molecule has 1 aliphatic rings. The summed E-state index contributed by atoms with van der Waals surface area (Å²) in [6.07, 6.45) is -0.404. The second kappa shape index (κ2) is 3.53. The molecule has 0 aromatic carbocycles. The van der Waals surface area contributed by atoms with E-state index < -0.39 is 6.10 Å². The van der Waals surface area contributed by atoms with Crippen molar-refractivity contribution in [2.75, 3.05) is 26.8 Å². The molecule has 0 aromatic rings. The topological polar surface area (TPSA) is 47.6 Å². The van der Waals surface area contributed by atoms with E-state index in [1.54, 1.807) is 0 Å². The maximum absolute atomic E-state index is 10.8. The minimum Gasteiger partial charge on any atom is -0.467 e. The highest BCUT2D eigenvalue weighted by Gasteiger charge is 2.21. The largest absolute Gasteiger partial charge is 0.467 e. The molecule has 1 atom stereocenters. The van der Waals surface area contributed by atoms with Gasteiger partial charge < -0.3 is 14.8 Å². The van der Waals surface area contributed by atoms with E-state index in [2.05, 4.69) is 10.1 Å². The molecule has 0 bridgehead atoms. The highest BCUT2D eigenvalue weighted by molar-refractivity contribution is 5.74. The van der Waals surface area contributed by atoms with Gasteiger partial charge in [0.05, 0.1) is 13.7 Å². The summed E-state index contributed by atoms with van der Waals surface area (Å²) in [5.41, 5.74) is 0. The van der Waals surface area contributed by atoms with Crippen molar-refractivity contribution in [2.45, 2.75) is 6.10 Å². The van der Waals surface area contributed by atoms with Crippen LogP contribution in [0, 0.1) is 0 Å². The van der Waals surface area contributed by atoms with Gasteiger partial charge in [0.1, 0.15) is 0 Å². The average Bonchev–Trinajstić information content (AvgIpc) is 2.05. The fraction of sp³-hybridized carbons (Fsp3) is 0.833. The fourth-order valence-corrected chi connectivity index (χ4v) is 0.848. The van der Waals surface area contributed by atoms with Crippen molar-refractivity contribution in [1.29, 1.82) is 0 Å². The first-order valence-electron chi connectivity index (χ1n) is 3.24. The van der Waals surface area contributed by atoms with E-state index in [0.717, 1.165) is 6.54 Å². The number of methoxy groups -OCH3 is 1. The quantitative estimate of drug-likeness (QED) is 0.488. The van der Waals surface area contributed by atoms with E-state index in [9.17, 15) is 4.79 Å². The fourth-order valence-electron chi connectivity index (χ4n) is 0.848. The molecule has 1 saturated heterocycles. The number of morpholine rings is 1. The lowest BCUT2D eigenvalue weighted by atomic mass is 10.3. The predicted molar refractivity (Wildman–Crippen MR) is 34.6 cm³/mol. The molecule has 0 amide bonds. The van der Waals surface area contributed by atoms with Crippen LogP contribution in [0.1, 0.15) is 0 Å². The number of carbonyl (C=O) groups excluding carboxylic acids is 1. The first-order chi connectivity index (χ1) is 4.84. The minimum atomic E-state index is -0.404. The molecule has 4 heteroatoms. The Labute approximate surface area is 59.5 Å². The molecule has 58 valence electrons. The molecule has 4 nitrogen and oxygen atoms in total. The molecular formula is C6H11NO3. The molecule has 0 aromatic heterocycles. The van der Waals surface area contributed by atoms with Crippen molar-refractivity contribution in [1.82, 2.24) is 5.32 Å². The van der Waals surface area contributed by atoms with Crippen LogP contribution in [-0.2, 0) is 14.3 Å². The van der Waals surface area contributed by atoms with Crippen LogP contribution in [0.3, 0.4) is 0 Å². The summed E-state index contributed by atoms with van der Waals surface area (Å²) >= 11 is 0. The zero-order valence-corrected chi connectivity index (χ0v) is 5.92. The number of esters is 1. The first kappa shape index (κ1) is 7.50. The van der Waals surface area contributed by atoms with Gasteiger partial charge in [-0.3, -0.25) is 0 Å². The van der Waals surface area contributed by atoms with E-state index in [0.29, 0.717) is 13.2 Å². The Morgan fingerprint density at radius 2 is 2.60 bits per heavy atom. The molecule has 10 heavy (non-hydrogen) atoms. The molecular weight excluding hydrogens is 134 g/mol. The number of hydrogen-bond donors (Lipinski definition) is 1. The zero-order chi connectivity index (χ0) is 7.40. The number of carbonyl (C=O) groups is 1. The van der Waals surface area contributed by atoms with Gasteiger partial charge in [0.2, 0.25) is 0 Å². The van der Waals surface area contributed by atoms with Crippen molar-refractivity contribution >= 4 is 5.97 Å². The van der Waals surface area contributed by atoms with Gasteiger partial charge in [0, 0.05) is 13.1 Å². The van der Waals surface area contributed by atoms with Gasteiger partial charge in [-0.1, -0.05) is 0 Å². The molecule has 0 unspecified atom stereocenters. The summed E-state index contributed by atoms with van der Waals surface area (Å²) in [6.45, 7) is 1.96. The van der Waals surface area contributed by atoms with Crippen molar-refractivity contribution in [2.24, 2.45) is 0 Å². The zero-order valence-electron chi connectivity index (χ0n) is 5.92. The van der Waals surface area contributed by atoms with Crippen LogP contribution in [0.4, 0.5) is 0 Å². The minimum absolute atomic E-state index is 0.299. The Kier molecular flexibility index (Phi) is 2.65. The maximum Gasteiger partial charge on any atom is 0.336 e. The SMILES string of the molecule is COC(=O)[C@@H]1CNCCO1. The number of nitrogens with one attached hydrogen (secondary N) is 1. The predicted octanol–water partition coefficient (Wildman–Crippen LogP) is -0.852. The third-order valence-electron chi connectivity index (χ3n) is 1.39. The third kappa shape index (κ3) is 1.68. The second-order valence-corrected chi connectivity index (χ2v) is 2.09. The van der Waals surface area contributed by atoms with Gasteiger partial charge in [-0.2, -0.15) is 0 Å². The van der Waals surface area contributed by atoms with E-state index in [4.69, 9.17) is 4.74 Å². The Bertz CT molecular complexity index is 120. The average molecular weight is 145 g/mol. The molecule has 1 heterocycles. The van der Waals surface area contributed by atoms with Crippen molar-refractivity contribution in [3.8, 4) is 0 Å². The molecule has 1 rings (SSSR count). The van der Waals surface area contributed by atoms with E-state index in [1.807, 2.05) is 0 Å². The standard InChI is InChI=1S/C6H11NO3/c1-9-6(8)5-4-7-2-3-10-5/h5,7H,2-4H2,1H3/t5-/m0/s1. The summed E-state index contributed by atoms with van der Waals surface area (Å²) in [4.78, 5) is 10.8. The molecule has 1 fully saturated rings. The molecule has 0 aliphatic carbocycles. The second-order valence-electron chi connectivity index (χ2n) is 2.09. The van der Waals surface area contributed by atoms with Gasteiger partial charge in [-0.15, -0.1) is 0 Å². The summed E-state index contributed by atoms with van der Waals surface area (Å²) in [5.74, 6) is -0.299. The maximum atomic E-state index is 10.8. The number of rotatable bonds is 1. The van der Waals surface area contributed by atoms with Gasteiger partial charge in [-0.05, 0) is 0 Å². The van der Waals surface area contributed by atoms with Crippen LogP contribution in [-0.4, -0.2) is 38.9 Å². The Morgan fingerprint density at radius 1 is 1.80 bits per heavy atom. The number of ether oxygens (including phenoxy) is 2. The summed E-state index contributed by atoms with van der Waals surface area (Å²) < 4.78 is 9.58. The van der Waals surface area contributed by atoms with E-state index in [1.165, 1.54) is 7.11 Å². The highest BCUT2D eigenvalue weighted by atomic mass is 16.6. The van der Waals surface area contributed by atoms with Crippen LogP contribution in [0.15, 0.2) is 0 Å². The van der Waals surface area contributed by atoms with Gasteiger partial charge in [0.15, 0.2) is 6.10 Å². The summed E-state index contributed by atoms with van der Waals surface area (Å²) in [6, 6.07) is 0. The molecule has 0 radical (unpaired) electrons. The first-order valence-corrected chi connectivity index (χ1v) is 3.24. The lowest BCUT2D eigenvalue weighted by Gasteiger charge is -2.20. The Hall–Kier alpha value is -0.610. The number of hydrogen-bond acceptors (Lipinski definition) is 4. The van der Waals surface area contributed by atoms with Crippen LogP contribution in [0.2, 0.25) is 0 Å².